The minimum Gasteiger partial charge on any atom is -0.314 e. The molecule has 1 nitrogen and oxygen atoms in total. The van der Waals surface area contributed by atoms with E-state index in [1.807, 2.05) is 0 Å². The van der Waals surface area contributed by atoms with Gasteiger partial charge in [-0.15, -0.1) is 0 Å². The second-order valence-electron chi connectivity index (χ2n) is 6.80. The normalized spacial score (nSPS) is 13.6. The number of hydrogen-bond acceptors (Lipinski definition) is 1. The molecule has 0 aliphatic heterocycles. The summed E-state index contributed by atoms with van der Waals surface area (Å²) in [5, 5.41) is 3.63. The lowest BCUT2D eigenvalue weighted by Gasteiger charge is -2.31. The van der Waals surface area contributed by atoms with Crippen molar-refractivity contribution in [2.45, 2.75) is 66.8 Å². The molecule has 0 spiro atoms. The van der Waals surface area contributed by atoms with Gasteiger partial charge >= 0.3 is 0 Å². The molecule has 1 aromatic rings. The third kappa shape index (κ3) is 5.36. The molecular formula is C18H31N. The fourth-order valence-corrected chi connectivity index (χ4v) is 2.65. The molecular weight excluding hydrogens is 230 g/mol. The van der Waals surface area contributed by atoms with Crippen molar-refractivity contribution >= 4 is 0 Å². The first-order chi connectivity index (χ1) is 8.84. The van der Waals surface area contributed by atoms with Crippen LogP contribution in [0.1, 0.15) is 57.2 Å². The van der Waals surface area contributed by atoms with Gasteiger partial charge in [-0.25, -0.2) is 0 Å². The van der Waals surface area contributed by atoms with Crippen LogP contribution in [0.5, 0.6) is 0 Å². The van der Waals surface area contributed by atoms with Crippen molar-refractivity contribution in [3.05, 3.63) is 34.9 Å². The van der Waals surface area contributed by atoms with E-state index in [1.165, 1.54) is 36.0 Å². The molecule has 1 N–H and O–H groups in total. The Bertz CT molecular complexity index is 387. The third-order valence-electron chi connectivity index (χ3n) is 3.94. The first-order valence-corrected chi connectivity index (χ1v) is 7.64. The van der Waals surface area contributed by atoms with Crippen molar-refractivity contribution in [3.63, 3.8) is 0 Å². The maximum atomic E-state index is 3.63. The molecule has 1 aromatic carbocycles. The predicted molar refractivity (Wildman–Crippen MR) is 85.8 cm³/mol. The molecule has 19 heavy (non-hydrogen) atoms. The number of benzene rings is 1. The highest BCUT2D eigenvalue weighted by Crippen LogP contribution is 2.24. The second kappa shape index (κ2) is 7.09. The van der Waals surface area contributed by atoms with E-state index in [9.17, 15) is 0 Å². The Morgan fingerprint density at radius 3 is 2.42 bits per heavy atom. The van der Waals surface area contributed by atoms with Crippen LogP contribution in [0.4, 0.5) is 0 Å². The highest BCUT2D eigenvalue weighted by Gasteiger charge is 2.22. The summed E-state index contributed by atoms with van der Waals surface area (Å²) < 4.78 is 0. The van der Waals surface area contributed by atoms with Gasteiger partial charge in [0.05, 0.1) is 0 Å². The first kappa shape index (κ1) is 16.2. The molecule has 0 heterocycles. The van der Waals surface area contributed by atoms with Crippen molar-refractivity contribution in [1.29, 1.82) is 0 Å². The van der Waals surface area contributed by atoms with E-state index in [0.29, 0.717) is 11.5 Å². The van der Waals surface area contributed by atoms with Crippen LogP contribution >= 0.6 is 0 Å². The summed E-state index contributed by atoms with van der Waals surface area (Å²) in [5.41, 5.74) is 4.67. The summed E-state index contributed by atoms with van der Waals surface area (Å²) >= 11 is 0. The zero-order valence-electron chi connectivity index (χ0n) is 13.6. The molecule has 0 fully saturated rings. The van der Waals surface area contributed by atoms with E-state index in [1.54, 1.807) is 0 Å². The largest absolute Gasteiger partial charge is 0.314 e. The van der Waals surface area contributed by atoms with Gasteiger partial charge in [-0.3, -0.25) is 0 Å². The van der Waals surface area contributed by atoms with Gasteiger partial charge in [-0.05, 0) is 56.2 Å². The molecule has 1 unspecified atom stereocenters. The van der Waals surface area contributed by atoms with Gasteiger partial charge < -0.3 is 5.32 Å². The van der Waals surface area contributed by atoms with Gasteiger partial charge in [0.15, 0.2) is 0 Å². The van der Waals surface area contributed by atoms with Gasteiger partial charge in [0.2, 0.25) is 0 Å². The van der Waals surface area contributed by atoms with Gasteiger partial charge in [0, 0.05) is 6.04 Å². The Morgan fingerprint density at radius 2 is 1.84 bits per heavy atom. The Hall–Kier alpha value is -0.820. The van der Waals surface area contributed by atoms with Crippen molar-refractivity contribution in [2.75, 3.05) is 6.54 Å². The molecule has 1 atom stereocenters. The maximum absolute atomic E-state index is 3.63. The second-order valence-corrected chi connectivity index (χ2v) is 6.80. The topological polar surface area (TPSA) is 12.0 Å². The lowest BCUT2D eigenvalue weighted by Crippen LogP contribution is -2.40. The standard InChI is InChI=1S/C18H31N/c1-7-19-17(18(4,5)6)10-8-9-16-13-14(2)11-12-15(16)3/h11-13,17,19H,7-10H2,1-6H3. The van der Waals surface area contributed by atoms with Crippen LogP contribution < -0.4 is 5.32 Å². The van der Waals surface area contributed by atoms with Crippen LogP contribution in [0.25, 0.3) is 0 Å². The fourth-order valence-electron chi connectivity index (χ4n) is 2.65. The summed E-state index contributed by atoms with van der Waals surface area (Å²) in [6, 6.07) is 7.41. The molecule has 0 aliphatic carbocycles. The number of hydrogen-bond donors (Lipinski definition) is 1. The summed E-state index contributed by atoms with van der Waals surface area (Å²) in [7, 11) is 0. The van der Waals surface area contributed by atoms with Crippen LogP contribution in [0.2, 0.25) is 0 Å². The number of nitrogens with one attached hydrogen (secondary N) is 1. The van der Waals surface area contributed by atoms with E-state index < -0.39 is 0 Å². The first-order valence-electron chi connectivity index (χ1n) is 7.64. The highest BCUT2D eigenvalue weighted by molar-refractivity contribution is 5.30. The highest BCUT2D eigenvalue weighted by atomic mass is 14.9. The molecule has 0 saturated heterocycles. The Morgan fingerprint density at radius 1 is 1.16 bits per heavy atom. The monoisotopic (exact) mass is 261 g/mol. The van der Waals surface area contributed by atoms with Crippen LogP contribution in [0.3, 0.4) is 0 Å². The summed E-state index contributed by atoms with van der Waals surface area (Å²) in [4.78, 5) is 0. The molecule has 0 radical (unpaired) electrons. The zero-order valence-corrected chi connectivity index (χ0v) is 13.6. The lowest BCUT2D eigenvalue weighted by atomic mass is 9.83. The summed E-state index contributed by atoms with van der Waals surface area (Å²) in [6.07, 6.45) is 3.72. The molecule has 1 rings (SSSR count). The fraction of sp³-hybridized carbons (Fsp3) is 0.667. The zero-order chi connectivity index (χ0) is 14.5. The minimum absolute atomic E-state index is 0.345. The smallest absolute Gasteiger partial charge is 0.0116 e. The molecule has 0 saturated carbocycles. The van der Waals surface area contributed by atoms with E-state index in [2.05, 4.69) is 65.1 Å². The minimum atomic E-state index is 0.345. The van der Waals surface area contributed by atoms with E-state index in [4.69, 9.17) is 0 Å². The molecule has 0 bridgehead atoms. The molecule has 0 aliphatic rings. The van der Waals surface area contributed by atoms with E-state index in [-0.39, 0.29) is 0 Å². The van der Waals surface area contributed by atoms with E-state index in [0.717, 1.165) is 6.54 Å². The van der Waals surface area contributed by atoms with Gasteiger partial charge in [-0.2, -0.15) is 0 Å². The van der Waals surface area contributed by atoms with Crippen LogP contribution in [-0.2, 0) is 6.42 Å². The van der Waals surface area contributed by atoms with Crippen LogP contribution in [0, 0.1) is 19.3 Å². The maximum Gasteiger partial charge on any atom is 0.0116 e. The lowest BCUT2D eigenvalue weighted by molar-refractivity contribution is 0.254. The predicted octanol–water partition coefficient (Wildman–Crippen LogP) is 4.65. The quantitative estimate of drug-likeness (QED) is 0.786. The summed E-state index contributed by atoms with van der Waals surface area (Å²) in [6.45, 7) is 14.7. The molecule has 0 amide bonds. The average Bonchev–Trinajstić information content (AvgIpc) is 2.31. The SMILES string of the molecule is CCNC(CCCc1cc(C)ccc1C)C(C)(C)C. The Balaban J connectivity index is 2.54. The van der Waals surface area contributed by atoms with Crippen LogP contribution in [0.15, 0.2) is 18.2 Å². The third-order valence-corrected chi connectivity index (χ3v) is 3.94. The Labute approximate surface area is 119 Å². The van der Waals surface area contributed by atoms with Crippen molar-refractivity contribution in [1.82, 2.24) is 5.32 Å². The van der Waals surface area contributed by atoms with Crippen molar-refractivity contribution < 1.29 is 0 Å². The summed E-state index contributed by atoms with van der Waals surface area (Å²) in [5.74, 6) is 0. The average molecular weight is 261 g/mol. The molecule has 1 heteroatoms. The molecule has 108 valence electrons. The van der Waals surface area contributed by atoms with Crippen molar-refractivity contribution in [3.8, 4) is 0 Å². The van der Waals surface area contributed by atoms with Gasteiger partial charge in [0.1, 0.15) is 0 Å². The number of rotatable bonds is 6. The number of aryl methyl sites for hydroxylation is 3. The van der Waals surface area contributed by atoms with Gasteiger partial charge in [-0.1, -0.05) is 51.5 Å². The Kier molecular flexibility index (Phi) is 6.06. The van der Waals surface area contributed by atoms with Gasteiger partial charge in [0.25, 0.3) is 0 Å². The molecule has 0 aromatic heterocycles. The van der Waals surface area contributed by atoms with Crippen molar-refractivity contribution in [2.24, 2.45) is 5.41 Å². The van der Waals surface area contributed by atoms with E-state index >= 15 is 0 Å². The van der Waals surface area contributed by atoms with Crippen LogP contribution in [-0.4, -0.2) is 12.6 Å².